The number of hydrogen-bond acceptors (Lipinski definition) is 4. The molecule has 37 heavy (non-hydrogen) atoms. The topological polar surface area (TPSA) is 60.8 Å². The Kier molecular flexibility index (Phi) is 6.61. The van der Waals surface area contributed by atoms with Crippen LogP contribution < -0.4 is 4.74 Å². The SMILES string of the molecule is CCCc1cc2c(n1Cc1ccc(OC)cc1)C(C)[C@@H]1CN(C(=O)c3ccccc3)[C@@](C)(C(=O)OC)[C@H]21. The van der Waals surface area contributed by atoms with Crippen molar-refractivity contribution in [3.8, 4) is 5.75 Å². The Hall–Kier alpha value is -3.54. The van der Waals surface area contributed by atoms with Crippen LogP contribution in [0.15, 0.2) is 60.7 Å². The number of likely N-dealkylation sites (tertiary alicyclic amines) is 1. The molecule has 0 bridgehead atoms. The Morgan fingerprint density at radius 3 is 2.38 bits per heavy atom. The molecule has 0 N–H and O–H groups in total. The molecular formula is C31H36N2O4. The summed E-state index contributed by atoms with van der Waals surface area (Å²) >= 11 is 0. The molecule has 1 aliphatic carbocycles. The van der Waals surface area contributed by atoms with Crippen LogP contribution in [0.5, 0.6) is 5.75 Å². The van der Waals surface area contributed by atoms with Crippen LogP contribution in [0.1, 0.15) is 71.9 Å². The summed E-state index contributed by atoms with van der Waals surface area (Å²) < 4.78 is 13.2. The predicted octanol–water partition coefficient (Wildman–Crippen LogP) is 5.40. The average Bonchev–Trinajstić information content (AvgIpc) is 3.52. The van der Waals surface area contributed by atoms with Crippen molar-refractivity contribution in [1.29, 1.82) is 0 Å². The molecule has 1 aliphatic heterocycles. The van der Waals surface area contributed by atoms with Gasteiger partial charge in [0.2, 0.25) is 0 Å². The highest BCUT2D eigenvalue weighted by Crippen LogP contribution is 2.59. The first-order valence-corrected chi connectivity index (χ1v) is 13.2. The number of amides is 1. The van der Waals surface area contributed by atoms with Gasteiger partial charge in [0.15, 0.2) is 0 Å². The molecule has 1 fully saturated rings. The summed E-state index contributed by atoms with van der Waals surface area (Å²) in [4.78, 5) is 28.9. The van der Waals surface area contributed by atoms with Crippen molar-refractivity contribution in [1.82, 2.24) is 9.47 Å². The van der Waals surface area contributed by atoms with Gasteiger partial charge >= 0.3 is 5.97 Å². The number of rotatable bonds is 7. The van der Waals surface area contributed by atoms with Gasteiger partial charge in [-0.25, -0.2) is 4.79 Å². The number of hydrogen-bond donors (Lipinski definition) is 0. The van der Waals surface area contributed by atoms with Crippen LogP contribution in [0.25, 0.3) is 0 Å². The Balaban J connectivity index is 1.59. The van der Waals surface area contributed by atoms with Gasteiger partial charge < -0.3 is 18.9 Å². The van der Waals surface area contributed by atoms with E-state index in [1.54, 1.807) is 12.0 Å². The molecule has 3 aromatic rings. The second-order valence-corrected chi connectivity index (χ2v) is 10.5. The lowest BCUT2D eigenvalue weighted by Gasteiger charge is -2.36. The van der Waals surface area contributed by atoms with Gasteiger partial charge in [-0.1, -0.05) is 50.6 Å². The minimum atomic E-state index is -1.08. The first-order chi connectivity index (χ1) is 17.8. The molecule has 2 heterocycles. The zero-order valence-electron chi connectivity index (χ0n) is 22.4. The Labute approximate surface area is 219 Å². The van der Waals surface area contributed by atoms with E-state index in [-0.39, 0.29) is 29.6 Å². The molecule has 0 saturated carbocycles. The first-order valence-electron chi connectivity index (χ1n) is 13.2. The Bertz CT molecular complexity index is 1300. The quantitative estimate of drug-likeness (QED) is 0.408. The number of nitrogens with zero attached hydrogens (tertiary/aromatic N) is 2. The van der Waals surface area contributed by atoms with Crippen molar-refractivity contribution in [2.75, 3.05) is 20.8 Å². The average molecular weight is 501 g/mol. The van der Waals surface area contributed by atoms with Crippen LogP contribution in [0.4, 0.5) is 0 Å². The van der Waals surface area contributed by atoms with E-state index < -0.39 is 5.54 Å². The first kappa shape index (κ1) is 25.1. The maximum absolute atomic E-state index is 13.7. The fourth-order valence-corrected chi connectivity index (χ4v) is 6.71. The molecule has 2 aliphatic rings. The monoisotopic (exact) mass is 500 g/mol. The lowest BCUT2D eigenvalue weighted by molar-refractivity contribution is -0.151. The number of benzene rings is 2. The number of esters is 1. The number of aromatic nitrogens is 1. The van der Waals surface area contributed by atoms with Gasteiger partial charge in [-0.2, -0.15) is 0 Å². The van der Waals surface area contributed by atoms with Crippen LogP contribution in [0.3, 0.4) is 0 Å². The van der Waals surface area contributed by atoms with Crippen LogP contribution in [0.2, 0.25) is 0 Å². The third kappa shape index (κ3) is 3.94. The molecule has 0 spiro atoms. The van der Waals surface area contributed by atoms with E-state index in [4.69, 9.17) is 9.47 Å². The Morgan fingerprint density at radius 1 is 1.05 bits per heavy atom. The molecule has 4 atom stereocenters. The maximum atomic E-state index is 13.7. The summed E-state index contributed by atoms with van der Waals surface area (Å²) in [6, 6.07) is 19.7. The lowest BCUT2D eigenvalue weighted by Crippen LogP contribution is -2.54. The van der Waals surface area contributed by atoms with E-state index in [0.717, 1.165) is 25.1 Å². The minimum Gasteiger partial charge on any atom is -0.497 e. The summed E-state index contributed by atoms with van der Waals surface area (Å²) in [6.45, 7) is 7.62. The number of methoxy groups -OCH3 is 2. The molecule has 5 rings (SSSR count). The number of ether oxygens (including phenoxy) is 2. The largest absolute Gasteiger partial charge is 0.497 e. The molecule has 1 aromatic heterocycles. The van der Waals surface area contributed by atoms with Crippen LogP contribution in [0, 0.1) is 5.92 Å². The van der Waals surface area contributed by atoms with Crippen molar-refractivity contribution in [3.63, 3.8) is 0 Å². The molecular weight excluding hydrogens is 464 g/mol. The van der Waals surface area contributed by atoms with Gasteiger partial charge in [-0.3, -0.25) is 4.79 Å². The molecule has 194 valence electrons. The van der Waals surface area contributed by atoms with E-state index in [2.05, 4.69) is 36.6 Å². The summed E-state index contributed by atoms with van der Waals surface area (Å²) in [5, 5.41) is 0. The standard InChI is InChI=1S/C31H36N2O4/c1-6-10-23-17-25-27-26(20(2)28(25)32(23)18-21-13-15-24(36-4)16-14-21)19-33(31(27,3)30(35)37-5)29(34)22-11-8-7-9-12-22/h7-9,11-17,20,26-27H,6,10,18-19H2,1-5H3/t20?,26-,27+,31+/m0/s1. The molecule has 0 radical (unpaired) electrons. The third-order valence-corrected chi connectivity index (χ3v) is 8.52. The summed E-state index contributed by atoms with van der Waals surface area (Å²) in [5.41, 5.74) is 4.46. The minimum absolute atomic E-state index is 0.120. The van der Waals surface area contributed by atoms with Crippen LogP contribution >= 0.6 is 0 Å². The maximum Gasteiger partial charge on any atom is 0.332 e. The number of aryl methyl sites for hydroxylation is 1. The molecule has 1 unspecified atom stereocenters. The zero-order valence-corrected chi connectivity index (χ0v) is 22.4. The number of carbonyl (C=O) groups excluding carboxylic acids is 2. The highest BCUT2D eigenvalue weighted by atomic mass is 16.5. The van der Waals surface area contributed by atoms with E-state index in [0.29, 0.717) is 12.1 Å². The zero-order chi connectivity index (χ0) is 26.3. The van der Waals surface area contributed by atoms with E-state index in [9.17, 15) is 9.59 Å². The summed E-state index contributed by atoms with van der Waals surface area (Å²) in [5.74, 6) is 0.578. The van der Waals surface area contributed by atoms with Crippen molar-refractivity contribution >= 4 is 11.9 Å². The molecule has 6 heteroatoms. The van der Waals surface area contributed by atoms with Gasteiger partial charge in [-0.15, -0.1) is 0 Å². The smallest absolute Gasteiger partial charge is 0.332 e. The highest BCUT2D eigenvalue weighted by molar-refractivity contribution is 5.99. The Morgan fingerprint density at radius 2 is 1.76 bits per heavy atom. The fourth-order valence-electron chi connectivity index (χ4n) is 6.71. The van der Waals surface area contributed by atoms with Crippen LogP contribution in [-0.4, -0.2) is 47.6 Å². The number of fused-ring (bicyclic) bond motifs is 3. The van der Waals surface area contributed by atoms with Gasteiger partial charge in [0.05, 0.1) is 14.2 Å². The normalized spacial score (nSPS) is 24.0. The van der Waals surface area contributed by atoms with Crippen LogP contribution in [-0.2, 0) is 22.5 Å². The second kappa shape index (κ2) is 9.73. The van der Waals surface area contributed by atoms with Crippen molar-refractivity contribution < 1.29 is 19.1 Å². The summed E-state index contributed by atoms with van der Waals surface area (Å²) in [7, 11) is 3.10. The molecule has 2 aromatic carbocycles. The van der Waals surface area contributed by atoms with Gasteiger partial charge in [0.1, 0.15) is 11.3 Å². The third-order valence-electron chi connectivity index (χ3n) is 8.52. The van der Waals surface area contributed by atoms with Gasteiger partial charge in [0, 0.05) is 41.9 Å². The fraction of sp³-hybridized carbons (Fsp3) is 0.419. The molecule has 1 saturated heterocycles. The van der Waals surface area contributed by atoms with Crippen molar-refractivity contribution in [2.45, 2.75) is 57.5 Å². The molecule has 1 amide bonds. The number of carbonyl (C=O) groups is 2. The van der Waals surface area contributed by atoms with E-state index >= 15 is 0 Å². The lowest BCUT2D eigenvalue weighted by atomic mass is 9.78. The highest BCUT2D eigenvalue weighted by Gasteiger charge is 2.63. The van der Waals surface area contributed by atoms with E-state index in [1.165, 1.54) is 29.6 Å². The molecule has 6 nitrogen and oxygen atoms in total. The summed E-state index contributed by atoms with van der Waals surface area (Å²) in [6.07, 6.45) is 1.98. The van der Waals surface area contributed by atoms with Crippen molar-refractivity contribution in [2.24, 2.45) is 5.92 Å². The second-order valence-electron chi connectivity index (χ2n) is 10.5. The van der Waals surface area contributed by atoms with Gasteiger partial charge in [0.25, 0.3) is 5.91 Å². The predicted molar refractivity (Wildman–Crippen MR) is 143 cm³/mol. The van der Waals surface area contributed by atoms with Crippen molar-refractivity contribution in [3.05, 3.63) is 88.7 Å². The van der Waals surface area contributed by atoms with Gasteiger partial charge in [-0.05, 0) is 60.7 Å². The van der Waals surface area contributed by atoms with E-state index in [1.807, 2.05) is 49.4 Å².